The van der Waals surface area contributed by atoms with E-state index in [-0.39, 0.29) is 11.4 Å². The van der Waals surface area contributed by atoms with Gasteiger partial charge in [-0.05, 0) is 36.7 Å². The maximum Gasteiger partial charge on any atom is 0.145 e. The molecule has 0 fully saturated rings. The second kappa shape index (κ2) is 8.95. The van der Waals surface area contributed by atoms with Crippen molar-refractivity contribution >= 4 is 45.9 Å². The van der Waals surface area contributed by atoms with Gasteiger partial charge in [-0.1, -0.05) is 26.8 Å². The van der Waals surface area contributed by atoms with Crippen molar-refractivity contribution in [1.29, 1.82) is 0 Å². The Balaban J connectivity index is 3.62. The van der Waals surface area contributed by atoms with Crippen LogP contribution >= 0.6 is 15.9 Å². The molecule has 0 aliphatic rings. The van der Waals surface area contributed by atoms with Gasteiger partial charge in [0.05, 0.1) is 4.75 Å². The molecular weight excluding hydrogens is 426 g/mol. The second-order valence-corrected chi connectivity index (χ2v) is 15.0. The van der Waals surface area contributed by atoms with E-state index in [1.165, 1.54) is 0 Å². The van der Waals surface area contributed by atoms with Crippen LogP contribution in [0, 0.1) is 5.82 Å². The third-order valence-electron chi connectivity index (χ3n) is 4.64. The molecule has 1 aromatic rings. The zero-order chi connectivity index (χ0) is 19.4. The molecule has 0 spiro atoms. The van der Waals surface area contributed by atoms with E-state index in [9.17, 15) is 8.60 Å². The zero-order valence-corrected chi connectivity index (χ0v) is 19.2. The predicted octanol–water partition coefficient (Wildman–Crippen LogP) is 4.92. The highest BCUT2D eigenvalue weighted by atomic mass is 79.9. The Bertz CT molecular complexity index is 665. The Kier molecular flexibility index (Phi) is 8.08. The largest absolute Gasteiger partial charge is 0.244 e. The lowest BCUT2D eigenvalue weighted by molar-refractivity contribution is 0.574. The van der Waals surface area contributed by atoms with Crippen LogP contribution in [0.3, 0.4) is 0 Å². The van der Waals surface area contributed by atoms with E-state index in [1.54, 1.807) is 26.8 Å². The number of hydrogen-bond acceptors (Lipinski definition) is 2. The quantitative estimate of drug-likeness (QED) is 0.334. The lowest BCUT2D eigenvalue weighted by atomic mass is 10.2. The molecule has 1 heterocycles. The monoisotopic (exact) mass is 452 g/mol. The molecule has 1 rings (SSSR count). The fourth-order valence-corrected chi connectivity index (χ4v) is 7.66. The van der Waals surface area contributed by atoms with Crippen LogP contribution in [0.25, 0.3) is 0 Å². The molecule has 0 aliphatic carbocycles. The fourth-order valence-electron chi connectivity index (χ4n) is 2.76. The first-order chi connectivity index (χ1) is 11.6. The molecule has 1 aromatic heterocycles. The zero-order valence-electron chi connectivity index (χ0n) is 15.8. The summed E-state index contributed by atoms with van der Waals surface area (Å²) in [6.07, 6.45) is 0. The average Bonchev–Trinajstić information content (AvgIpc) is 2.56. The van der Waals surface area contributed by atoms with Gasteiger partial charge in [0.25, 0.3) is 0 Å². The van der Waals surface area contributed by atoms with E-state index in [2.05, 4.69) is 46.1 Å². The minimum absolute atomic E-state index is 0.128. The molecule has 0 unspecified atom stereocenters. The number of halogens is 3. The number of nitrogens with zero attached hydrogens (tertiary/aromatic N) is 2. The van der Waals surface area contributed by atoms with Crippen LogP contribution in [0.1, 0.15) is 47.2 Å². The number of rotatable bonds is 7. The van der Waals surface area contributed by atoms with E-state index in [4.69, 9.17) is 0 Å². The van der Waals surface area contributed by atoms with Gasteiger partial charge in [0.2, 0.25) is 0 Å². The van der Waals surface area contributed by atoms with E-state index in [0.29, 0.717) is 9.79 Å². The van der Waals surface area contributed by atoms with Gasteiger partial charge in [-0.15, -0.1) is 13.3 Å². The molecule has 0 saturated carbocycles. The highest BCUT2D eigenvalue weighted by molar-refractivity contribution is 9.10. The molecular formula is C17H27BrF2N2OSSi-. The van der Waals surface area contributed by atoms with Crippen LogP contribution < -0.4 is 5.19 Å². The van der Waals surface area contributed by atoms with Crippen LogP contribution in [0.2, 0.25) is 18.1 Å². The van der Waals surface area contributed by atoms with Crippen molar-refractivity contribution in [1.82, 2.24) is 4.98 Å². The number of aromatic nitrogens is 1. The minimum Gasteiger partial charge on any atom is -0.244 e. The van der Waals surface area contributed by atoms with Gasteiger partial charge in [-0.25, -0.2) is 18.0 Å². The van der Waals surface area contributed by atoms with Gasteiger partial charge in [-0.2, -0.15) is 22.5 Å². The third-order valence-corrected chi connectivity index (χ3v) is 12.1. The molecule has 0 aromatic carbocycles. The number of hydrogen-bond donors (Lipinski definition) is 0. The molecule has 8 heteroatoms. The van der Waals surface area contributed by atoms with Gasteiger partial charge in [-0.3, -0.25) is 0 Å². The molecule has 143 valence electrons. The van der Waals surface area contributed by atoms with Crippen molar-refractivity contribution in [3.8, 4) is 0 Å². The van der Waals surface area contributed by atoms with Crippen LogP contribution in [-0.2, 0) is 11.0 Å². The minimum atomic E-state index is -2.03. The Hall–Kier alpha value is -0.473. The van der Waals surface area contributed by atoms with Crippen LogP contribution in [0.4, 0.5) is 8.78 Å². The summed E-state index contributed by atoms with van der Waals surface area (Å²) in [7, 11) is -3.71. The molecule has 0 saturated heterocycles. The molecule has 0 amide bonds. The van der Waals surface area contributed by atoms with E-state index in [0.717, 1.165) is 18.1 Å². The fraction of sp³-hybridized carbons (Fsp3) is 0.647. The molecule has 0 N–H and O–H groups in total. The van der Waals surface area contributed by atoms with Gasteiger partial charge < -0.3 is 0 Å². The predicted molar refractivity (Wildman–Crippen MR) is 109 cm³/mol. The number of alkyl halides is 1. The summed E-state index contributed by atoms with van der Waals surface area (Å²) >= 11 is 3.32. The second-order valence-electron chi connectivity index (χ2n) is 7.03. The maximum atomic E-state index is 15.3. The highest BCUT2D eigenvalue weighted by Gasteiger charge is 2.26. The van der Waals surface area contributed by atoms with Crippen molar-refractivity contribution in [2.75, 3.05) is 6.67 Å². The van der Waals surface area contributed by atoms with Crippen LogP contribution in [0.5, 0.6) is 0 Å². The first-order valence-corrected chi connectivity index (χ1v) is 13.0. The van der Waals surface area contributed by atoms with Crippen molar-refractivity contribution in [3.63, 3.8) is 0 Å². The molecule has 1 atom stereocenters. The summed E-state index contributed by atoms with van der Waals surface area (Å²) in [6.45, 7) is 10.4. The molecule has 3 nitrogen and oxygen atoms in total. The van der Waals surface area contributed by atoms with Gasteiger partial charge >= 0.3 is 0 Å². The van der Waals surface area contributed by atoms with E-state index < -0.39 is 36.3 Å². The lowest BCUT2D eigenvalue weighted by Crippen LogP contribution is -2.48. The van der Waals surface area contributed by atoms with Crippen molar-refractivity contribution in [3.05, 3.63) is 22.2 Å². The molecule has 0 bridgehead atoms. The van der Waals surface area contributed by atoms with E-state index >= 15 is 4.39 Å². The Morgan fingerprint density at radius 2 is 1.80 bits per heavy atom. The summed E-state index contributed by atoms with van der Waals surface area (Å²) in [5.41, 5.74) is -0.323. The smallest absolute Gasteiger partial charge is 0.145 e. The first-order valence-electron chi connectivity index (χ1n) is 8.48. The van der Waals surface area contributed by atoms with Crippen molar-refractivity contribution < 1.29 is 13.0 Å². The SMILES string of the molecule is CC[Si-](CC)(CC)c1cc(Br)nc(C(CF)=N[S@@](=O)C(C)(C)C)c1F. The van der Waals surface area contributed by atoms with Crippen LogP contribution in [-0.4, -0.2) is 34.4 Å². The van der Waals surface area contributed by atoms with Crippen LogP contribution in [0.15, 0.2) is 15.1 Å². The van der Waals surface area contributed by atoms with Crippen molar-refractivity contribution in [2.45, 2.75) is 64.4 Å². The Morgan fingerprint density at radius 1 is 1.28 bits per heavy atom. The summed E-state index contributed by atoms with van der Waals surface area (Å²) in [5.74, 6) is -0.511. The normalized spacial score (nSPS) is 14.7. The maximum absolute atomic E-state index is 15.3. The van der Waals surface area contributed by atoms with E-state index in [1.807, 2.05) is 0 Å². The lowest BCUT2D eigenvalue weighted by Gasteiger charge is -2.41. The average molecular weight is 453 g/mol. The standard InChI is InChI=1S/C17H27BrF2N2OSSi/c1-7-25(8-2,9-3)13-10-14(18)21-16(15(13)20)12(11-19)22-24(23)17(4,5)6/h10H,7-9,11H2,1-6H3/q-1/t24-/m0/s1. The Labute approximate surface area is 161 Å². The highest BCUT2D eigenvalue weighted by Crippen LogP contribution is 2.24. The third kappa shape index (κ3) is 5.04. The molecule has 0 radical (unpaired) electrons. The van der Waals surface area contributed by atoms with Crippen molar-refractivity contribution in [2.24, 2.45) is 4.40 Å². The summed E-state index contributed by atoms with van der Waals surface area (Å²) < 4.78 is 44.9. The number of pyridine rings is 1. The first kappa shape index (κ1) is 22.6. The summed E-state index contributed by atoms with van der Waals surface area (Å²) in [6, 6.07) is 4.40. The molecule has 25 heavy (non-hydrogen) atoms. The topological polar surface area (TPSA) is 42.3 Å². The van der Waals surface area contributed by atoms with Gasteiger partial charge in [0, 0.05) is 0 Å². The summed E-state index contributed by atoms with van der Waals surface area (Å²) in [5, 5.41) is 0.638. The molecule has 0 aliphatic heterocycles. The van der Waals surface area contributed by atoms with Gasteiger partial charge in [0.15, 0.2) is 0 Å². The van der Waals surface area contributed by atoms with Gasteiger partial charge in [0.1, 0.15) is 39.5 Å². The summed E-state index contributed by atoms with van der Waals surface area (Å²) in [4.78, 5) is 4.11. The Morgan fingerprint density at radius 3 is 2.20 bits per heavy atom.